The van der Waals surface area contributed by atoms with Crippen molar-refractivity contribution < 1.29 is 15.1 Å². The van der Waals surface area contributed by atoms with Crippen LogP contribution in [0.2, 0.25) is 0 Å². The molecule has 1 aliphatic rings. The van der Waals surface area contributed by atoms with Gasteiger partial charge in [0.1, 0.15) is 6.33 Å². The van der Waals surface area contributed by atoms with E-state index in [1.54, 1.807) is 42.0 Å². The first-order valence-corrected chi connectivity index (χ1v) is 10.1. The van der Waals surface area contributed by atoms with Gasteiger partial charge >= 0.3 is 0 Å². The first-order valence-electron chi connectivity index (χ1n) is 9.27. The van der Waals surface area contributed by atoms with E-state index in [2.05, 4.69) is 20.5 Å². The first kappa shape index (κ1) is 19.9. The SMILES string of the molecule is COc1ccc(C=NNc2ncnc3c(C)c(CC4=CN(O)CC=C4)sc23)cc1O. The lowest BCUT2D eigenvalue weighted by atomic mass is 10.1. The van der Waals surface area contributed by atoms with Gasteiger partial charge in [0.15, 0.2) is 17.3 Å². The Morgan fingerprint density at radius 2 is 2.23 bits per heavy atom. The number of anilines is 1. The Balaban J connectivity index is 1.56. The van der Waals surface area contributed by atoms with E-state index in [0.29, 0.717) is 24.5 Å². The minimum Gasteiger partial charge on any atom is -0.504 e. The van der Waals surface area contributed by atoms with Crippen LogP contribution in [0.15, 0.2) is 53.6 Å². The molecule has 0 atom stereocenters. The van der Waals surface area contributed by atoms with Crippen molar-refractivity contribution in [1.82, 2.24) is 15.0 Å². The molecule has 3 heterocycles. The number of aryl methyl sites for hydroxylation is 1. The minimum atomic E-state index is 0.0527. The average molecular weight is 423 g/mol. The highest BCUT2D eigenvalue weighted by molar-refractivity contribution is 7.19. The Morgan fingerprint density at radius 3 is 3.00 bits per heavy atom. The number of aromatic nitrogens is 2. The van der Waals surface area contributed by atoms with Gasteiger partial charge in [-0.2, -0.15) is 5.10 Å². The van der Waals surface area contributed by atoms with Gasteiger partial charge in [0.05, 0.1) is 30.1 Å². The number of nitrogens with zero attached hydrogens (tertiary/aromatic N) is 4. The van der Waals surface area contributed by atoms with Crippen molar-refractivity contribution in [3.8, 4) is 11.5 Å². The van der Waals surface area contributed by atoms with E-state index in [4.69, 9.17) is 4.74 Å². The second kappa shape index (κ2) is 8.52. The molecule has 0 fully saturated rings. The number of hydrogen-bond donors (Lipinski definition) is 3. The van der Waals surface area contributed by atoms with Crippen molar-refractivity contribution in [2.45, 2.75) is 13.3 Å². The Bertz CT molecular complexity index is 1170. The summed E-state index contributed by atoms with van der Waals surface area (Å²) in [6.07, 6.45) is 9.50. The molecular weight excluding hydrogens is 402 g/mol. The fraction of sp³-hybridized carbons (Fsp3) is 0.190. The van der Waals surface area contributed by atoms with Gasteiger partial charge in [0, 0.05) is 17.5 Å². The molecule has 0 radical (unpaired) electrons. The molecule has 154 valence electrons. The van der Waals surface area contributed by atoms with Crippen molar-refractivity contribution in [2.75, 3.05) is 19.1 Å². The predicted octanol–water partition coefficient (Wildman–Crippen LogP) is 3.85. The van der Waals surface area contributed by atoms with Gasteiger partial charge in [0.2, 0.25) is 0 Å². The number of allylic oxidation sites excluding steroid dienone is 2. The Hall–Kier alpha value is -3.43. The number of benzene rings is 1. The molecule has 1 aromatic carbocycles. The lowest BCUT2D eigenvalue weighted by Crippen LogP contribution is -2.15. The number of thiophene rings is 1. The van der Waals surface area contributed by atoms with Crippen molar-refractivity contribution in [1.29, 1.82) is 0 Å². The predicted molar refractivity (Wildman–Crippen MR) is 117 cm³/mol. The van der Waals surface area contributed by atoms with Crippen molar-refractivity contribution >= 4 is 33.6 Å². The van der Waals surface area contributed by atoms with Crippen LogP contribution in [0.5, 0.6) is 11.5 Å². The number of hydrogen-bond acceptors (Lipinski definition) is 9. The van der Waals surface area contributed by atoms with Crippen LogP contribution in [0, 0.1) is 6.92 Å². The smallest absolute Gasteiger partial charge is 0.167 e. The van der Waals surface area contributed by atoms with Gasteiger partial charge in [-0.1, -0.05) is 12.2 Å². The molecule has 0 saturated carbocycles. The third kappa shape index (κ3) is 4.12. The van der Waals surface area contributed by atoms with Gasteiger partial charge in [-0.3, -0.25) is 15.7 Å². The number of ether oxygens (including phenoxy) is 1. The third-order valence-corrected chi connectivity index (χ3v) is 5.98. The molecule has 3 N–H and O–H groups in total. The second-order valence-corrected chi connectivity index (χ2v) is 7.86. The Kier molecular flexibility index (Phi) is 5.64. The fourth-order valence-electron chi connectivity index (χ4n) is 3.16. The largest absolute Gasteiger partial charge is 0.504 e. The lowest BCUT2D eigenvalue weighted by molar-refractivity contribution is -0.0312. The van der Waals surface area contributed by atoms with Crippen LogP contribution in [0.25, 0.3) is 10.2 Å². The lowest BCUT2D eigenvalue weighted by Gasteiger charge is -2.15. The van der Waals surface area contributed by atoms with Gasteiger partial charge in [0.25, 0.3) is 0 Å². The van der Waals surface area contributed by atoms with Crippen LogP contribution in [-0.4, -0.2) is 45.2 Å². The van der Waals surface area contributed by atoms with E-state index < -0.39 is 0 Å². The second-order valence-electron chi connectivity index (χ2n) is 6.76. The number of hydrazone groups is 1. The molecule has 0 bridgehead atoms. The van der Waals surface area contributed by atoms with Crippen molar-refractivity contribution in [3.05, 3.63) is 64.5 Å². The standard InChI is InChI=1S/C21H21N5O3S/c1-13-18(9-15-4-3-7-26(28)11-15)30-20-19(13)22-12-23-21(20)25-24-10-14-5-6-17(29-2)16(27)8-14/h3-6,8,10-12,27-28H,7,9H2,1-2H3,(H,22,23,25). The van der Waals surface area contributed by atoms with Crippen molar-refractivity contribution in [2.24, 2.45) is 5.10 Å². The zero-order chi connectivity index (χ0) is 21.1. The topological polar surface area (TPSA) is 103 Å². The Morgan fingerprint density at radius 1 is 1.37 bits per heavy atom. The summed E-state index contributed by atoms with van der Waals surface area (Å²) in [5, 5.41) is 25.0. The van der Waals surface area contributed by atoms with Crippen LogP contribution >= 0.6 is 11.3 Å². The molecule has 0 spiro atoms. The molecule has 0 amide bonds. The van der Waals surface area contributed by atoms with Gasteiger partial charge in [-0.25, -0.2) is 9.97 Å². The quantitative estimate of drug-likeness (QED) is 0.409. The summed E-state index contributed by atoms with van der Waals surface area (Å²) in [5.74, 6) is 1.08. The number of rotatable bonds is 6. The number of hydroxylamine groups is 2. The summed E-state index contributed by atoms with van der Waals surface area (Å²) in [4.78, 5) is 9.91. The van der Waals surface area contributed by atoms with E-state index in [1.165, 1.54) is 18.5 Å². The number of phenols is 1. The molecule has 30 heavy (non-hydrogen) atoms. The molecule has 9 heteroatoms. The van der Waals surface area contributed by atoms with E-state index in [0.717, 1.165) is 31.8 Å². The molecule has 0 unspecified atom stereocenters. The van der Waals surface area contributed by atoms with Gasteiger partial charge in [-0.15, -0.1) is 11.3 Å². The average Bonchev–Trinajstić information content (AvgIpc) is 3.05. The fourth-order valence-corrected chi connectivity index (χ4v) is 4.39. The van der Waals surface area contributed by atoms with Crippen LogP contribution in [-0.2, 0) is 6.42 Å². The molecule has 0 saturated heterocycles. The number of aromatic hydroxyl groups is 1. The maximum atomic E-state index is 9.88. The summed E-state index contributed by atoms with van der Waals surface area (Å²) in [6.45, 7) is 2.54. The van der Waals surface area contributed by atoms with E-state index in [-0.39, 0.29) is 5.75 Å². The van der Waals surface area contributed by atoms with Crippen LogP contribution in [0.4, 0.5) is 5.82 Å². The van der Waals surface area contributed by atoms with Crippen LogP contribution in [0.3, 0.4) is 0 Å². The molecule has 2 aromatic heterocycles. The van der Waals surface area contributed by atoms with E-state index in [9.17, 15) is 10.3 Å². The molecule has 3 aromatic rings. The minimum absolute atomic E-state index is 0.0527. The maximum absolute atomic E-state index is 9.88. The zero-order valence-electron chi connectivity index (χ0n) is 16.5. The van der Waals surface area contributed by atoms with E-state index in [1.807, 2.05) is 19.1 Å². The first-order chi connectivity index (χ1) is 14.5. The molecule has 1 aliphatic heterocycles. The number of methoxy groups -OCH3 is 1. The molecule has 8 nitrogen and oxygen atoms in total. The third-order valence-electron chi connectivity index (χ3n) is 4.69. The summed E-state index contributed by atoms with van der Waals surface area (Å²) < 4.78 is 5.96. The number of phenolic OH excluding ortho intramolecular Hbond substituents is 1. The summed E-state index contributed by atoms with van der Waals surface area (Å²) in [5.41, 5.74) is 6.69. The van der Waals surface area contributed by atoms with Gasteiger partial charge in [-0.05, 0) is 41.8 Å². The molecule has 4 rings (SSSR count). The number of nitrogens with one attached hydrogen (secondary N) is 1. The highest BCUT2D eigenvalue weighted by atomic mass is 32.1. The number of fused-ring (bicyclic) bond motifs is 1. The maximum Gasteiger partial charge on any atom is 0.167 e. The van der Waals surface area contributed by atoms with E-state index >= 15 is 0 Å². The monoisotopic (exact) mass is 423 g/mol. The highest BCUT2D eigenvalue weighted by Crippen LogP contribution is 2.35. The highest BCUT2D eigenvalue weighted by Gasteiger charge is 2.15. The molecule has 0 aliphatic carbocycles. The van der Waals surface area contributed by atoms with Crippen molar-refractivity contribution in [3.63, 3.8) is 0 Å². The van der Waals surface area contributed by atoms with Crippen LogP contribution < -0.4 is 10.2 Å². The van der Waals surface area contributed by atoms with Crippen LogP contribution in [0.1, 0.15) is 16.0 Å². The summed E-state index contributed by atoms with van der Waals surface area (Å²) in [6, 6.07) is 5.04. The summed E-state index contributed by atoms with van der Waals surface area (Å²) in [7, 11) is 1.50. The zero-order valence-corrected chi connectivity index (χ0v) is 17.3. The molecular formula is C21H21N5O3S. The van der Waals surface area contributed by atoms with Gasteiger partial charge < -0.3 is 9.84 Å². The normalized spacial score (nSPS) is 13.8. The summed E-state index contributed by atoms with van der Waals surface area (Å²) >= 11 is 1.61. The Labute approximate surface area is 177 Å².